The van der Waals surface area contributed by atoms with Crippen molar-refractivity contribution in [3.63, 3.8) is 0 Å². The fourth-order valence-corrected chi connectivity index (χ4v) is 0.939. The zero-order valence-corrected chi connectivity index (χ0v) is 8.80. The van der Waals surface area contributed by atoms with Gasteiger partial charge < -0.3 is 10.0 Å². The predicted octanol–water partition coefficient (Wildman–Crippen LogP) is 1.89. The molecule has 5 heteroatoms. The Hall–Kier alpha value is -0.290. The van der Waals surface area contributed by atoms with Crippen molar-refractivity contribution < 1.29 is 18.3 Å². The minimum Gasteiger partial charge on any atom is -0.392 e. The van der Waals surface area contributed by atoms with Gasteiger partial charge in [0.15, 0.2) is 0 Å². The fourth-order valence-electron chi connectivity index (χ4n) is 0.939. The third kappa shape index (κ3) is 7.15. The second kappa shape index (κ2) is 5.56. The number of halogens is 3. The first kappa shape index (κ1) is 13.7. The Kier molecular flexibility index (Phi) is 5.44. The summed E-state index contributed by atoms with van der Waals surface area (Å²) in [5.41, 5.74) is 0. The van der Waals surface area contributed by atoms with E-state index in [0.717, 1.165) is 0 Å². The minimum absolute atomic E-state index is 0.0622. The first-order chi connectivity index (χ1) is 6.22. The highest BCUT2D eigenvalue weighted by Gasteiger charge is 2.27. The summed E-state index contributed by atoms with van der Waals surface area (Å²) in [6.07, 6.45) is -5.50. The Morgan fingerprint density at radius 3 is 2.14 bits per heavy atom. The fraction of sp³-hybridized carbons (Fsp3) is 1.00. The summed E-state index contributed by atoms with van der Waals surface area (Å²) >= 11 is 0. The summed E-state index contributed by atoms with van der Waals surface area (Å²) in [5, 5.41) is 9.40. The monoisotopic (exact) mass is 213 g/mol. The molecular weight excluding hydrogens is 195 g/mol. The number of likely N-dealkylation sites (N-methyl/N-ethyl adjacent to an activating group) is 1. The molecule has 0 bridgehead atoms. The number of aliphatic hydroxyl groups is 1. The lowest BCUT2D eigenvalue weighted by Gasteiger charge is -2.23. The Bertz CT molecular complexity index is 159. The van der Waals surface area contributed by atoms with Gasteiger partial charge in [0.25, 0.3) is 0 Å². The lowest BCUT2D eigenvalue weighted by atomic mass is 10.1. The smallest absolute Gasteiger partial charge is 0.390 e. The van der Waals surface area contributed by atoms with E-state index >= 15 is 0 Å². The molecule has 0 aliphatic rings. The number of rotatable bonds is 5. The molecule has 0 aromatic heterocycles. The zero-order valence-electron chi connectivity index (χ0n) is 8.80. The van der Waals surface area contributed by atoms with Gasteiger partial charge in [-0.15, -0.1) is 0 Å². The molecule has 0 radical (unpaired) electrons. The van der Waals surface area contributed by atoms with E-state index in [4.69, 9.17) is 0 Å². The molecule has 0 aliphatic heterocycles. The number of aliphatic hydroxyl groups excluding tert-OH is 1. The van der Waals surface area contributed by atoms with Crippen LogP contribution in [0.1, 0.15) is 20.3 Å². The van der Waals surface area contributed by atoms with Crippen LogP contribution in [0.25, 0.3) is 0 Å². The van der Waals surface area contributed by atoms with Crippen molar-refractivity contribution in [3.05, 3.63) is 0 Å². The van der Waals surface area contributed by atoms with E-state index in [1.807, 2.05) is 13.8 Å². The Morgan fingerprint density at radius 1 is 1.29 bits per heavy atom. The van der Waals surface area contributed by atoms with Crippen molar-refractivity contribution in [1.29, 1.82) is 0 Å². The van der Waals surface area contributed by atoms with Gasteiger partial charge in [0.05, 0.1) is 12.5 Å². The summed E-state index contributed by atoms with van der Waals surface area (Å²) < 4.78 is 35.5. The summed E-state index contributed by atoms with van der Waals surface area (Å²) in [6.45, 7) is 3.89. The molecule has 0 saturated carbocycles. The lowest BCUT2D eigenvalue weighted by Crippen LogP contribution is -2.34. The molecule has 0 aliphatic carbocycles. The van der Waals surface area contributed by atoms with Crippen molar-refractivity contribution in [2.24, 2.45) is 5.92 Å². The molecule has 2 nitrogen and oxygen atoms in total. The molecule has 0 spiro atoms. The highest BCUT2D eigenvalue weighted by molar-refractivity contribution is 4.65. The molecule has 0 rings (SSSR count). The van der Waals surface area contributed by atoms with E-state index in [1.165, 1.54) is 4.90 Å². The van der Waals surface area contributed by atoms with Crippen molar-refractivity contribution in [2.45, 2.75) is 32.5 Å². The summed E-state index contributed by atoms with van der Waals surface area (Å²) in [6, 6.07) is 0. The summed E-state index contributed by atoms with van der Waals surface area (Å²) in [5.74, 6) is 0.0725. The molecule has 1 atom stereocenters. The summed E-state index contributed by atoms with van der Waals surface area (Å²) in [4.78, 5) is 1.50. The highest BCUT2D eigenvalue weighted by Crippen LogP contribution is 2.19. The second-order valence-corrected chi connectivity index (χ2v) is 3.94. The predicted molar refractivity (Wildman–Crippen MR) is 49.0 cm³/mol. The van der Waals surface area contributed by atoms with E-state index in [2.05, 4.69) is 0 Å². The van der Waals surface area contributed by atoms with Gasteiger partial charge in [-0.1, -0.05) is 13.8 Å². The van der Waals surface area contributed by atoms with Crippen LogP contribution < -0.4 is 0 Å². The van der Waals surface area contributed by atoms with Crippen molar-refractivity contribution in [3.8, 4) is 0 Å². The molecular formula is C9H18F3NO. The van der Waals surface area contributed by atoms with E-state index in [0.29, 0.717) is 0 Å². The normalized spacial score (nSPS) is 15.2. The number of hydrogen-bond acceptors (Lipinski definition) is 2. The minimum atomic E-state index is -4.11. The number of hydrogen-bond donors (Lipinski definition) is 1. The van der Waals surface area contributed by atoms with Crippen LogP contribution in [0.4, 0.5) is 13.2 Å². The van der Waals surface area contributed by atoms with E-state index in [1.54, 1.807) is 7.05 Å². The van der Waals surface area contributed by atoms with Crippen LogP contribution in [-0.4, -0.2) is 42.4 Å². The van der Waals surface area contributed by atoms with Crippen LogP contribution in [0.2, 0.25) is 0 Å². The SMILES string of the molecule is CC(C)C(O)CN(C)CCC(F)(F)F. The first-order valence-corrected chi connectivity index (χ1v) is 4.65. The maximum Gasteiger partial charge on any atom is 0.390 e. The van der Waals surface area contributed by atoms with Gasteiger partial charge in [-0.25, -0.2) is 0 Å². The molecule has 0 fully saturated rings. The summed E-state index contributed by atoms with van der Waals surface area (Å²) in [7, 11) is 1.58. The maximum absolute atomic E-state index is 11.8. The molecule has 1 unspecified atom stereocenters. The molecule has 14 heavy (non-hydrogen) atoms. The van der Waals surface area contributed by atoms with Crippen LogP contribution >= 0.6 is 0 Å². The van der Waals surface area contributed by atoms with Crippen molar-refractivity contribution in [1.82, 2.24) is 4.90 Å². The molecule has 0 aromatic rings. The van der Waals surface area contributed by atoms with Crippen LogP contribution in [0.5, 0.6) is 0 Å². The molecule has 86 valence electrons. The molecule has 0 amide bonds. The van der Waals surface area contributed by atoms with Gasteiger partial charge >= 0.3 is 6.18 Å². The lowest BCUT2D eigenvalue weighted by molar-refractivity contribution is -0.138. The largest absolute Gasteiger partial charge is 0.392 e. The highest BCUT2D eigenvalue weighted by atomic mass is 19.4. The average molecular weight is 213 g/mol. The van der Waals surface area contributed by atoms with E-state index < -0.39 is 18.7 Å². The third-order valence-electron chi connectivity index (χ3n) is 2.05. The van der Waals surface area contributed by atoms with Gasteiger partial charge in [0.1, 0.15) is 0 Å². The van der Waals surface area contributed by atoms with Gasteiger partial charge in [-0.2, -0.15) is 13.2 Å². The number of alkyl halides is 3. The van der Waals surface area contributed by atoms with Gasteiger partial charge in [0.2, 0.25) is 0 Å². The molecule has 0 aromatic carbocycles. The second-order valence-electron chi connectivity index (χ2n) is 3.94. The topological polar surface area (TPSA) is 23.5 Å². The zero-order chi connectivity index (χ0) is 11.4. The van der Waals surface area contributed by atoms with Gasteiger partial charge in [0, 0.05) is 13.1 Å². The Morgan fingerprint density at radius 2 is 1.79 bits per heavy atom. The molecule has 0 heterocycles. The standard InChI is InChI=1S/C9H18F3NO/c1-7(2)8(14)6-13(3)5-4-9(10,11)12/h7-8,14H,4-6H2,1-3H3. The van der Waals surface area contributed by atoms with E-state index in [-0.39, 0.29) is 19.0 Å². The van der Waals surface area contributed by atoms with Gasteiger partial charge in [-0.3, -0.25) is 0 Å². The Balaban J connectivity index is 3.71. The van der Waals surface area contributed by atoms with Crippen molar-refractivity contribution in [2.75, 3.05) is 20.1 Å². The van der Waals surface area contributed by atoms with Crippen LogP contribution in [-0.2, 0) is 0 Å². The maximum atomic E-state index is 11.8. The quantitative estimate of drug-likeness (QED) is 0.753. The average Bonchev–Trinajstić information content (AvgIpc) is 1.99. The third-order valence-corrected chi connectivity index (χ3v) is 2.05. The van der Waals surface area contributed by atoms with E-state index in [9.17, 15) is 18.3 Å². The number of nitrogens with zero attached hydrogens (tertiary/aromatic N) is 1. The Labute approximate surface area is 82.7 Å². The van der Waals surface area contributed by atoms with Gasteiger partial charge in [-0.05, 0) is 13.0 Å². The van der Waals surface area contributed by atoms with Crippen molar-refractivity contribution >= 4 is 0 Å². The van der Waals surface area contributed by atoms with Crippen LogP contribution in [0, 0.1) is 5.92 Å². The molecule has 1 N–H and O–H groups in total. The first-order valence-electron chi connectivity index (χ1n) is 4.65. The molecule has 0 saturated heterocycles. The van der Waals surface area contributed by atoms with Crippen LogP contribution in [0.3, 0.4) is 0 Å². The van der Waals surface area contributed by atoms with Crippen LogP contribution in [0.15, 0.2) is 0 Å².